The fraction of sp³-hybridized carbons (Fsp3) is 0.917. The van der Waals surface area contributed by atoms with Gasteiger partial charge in [0.2, 0.25) is 0 Å². The molecule has 1 N–H and O–H groups in total. The average Bonchev–Trinajstić information content (AvgIpc) is 2.48. The van der Waals surface area contributed by atoms with Gasteiger partial charge in [-0.05, 0) is 33.6 Å². The van der Waals surface area contributed by atoms with Gasteiger partial charge in [0.25, 0.3) is 0 Å². The molecule has 0 spiro atoms. The summed E-state index contributed by atoms with van der Waals surface area (Å²) in [6, 6.07) is 0. The molecule has 4 heteroatoms. The second-order valence-corrected chi connectivity index (χ2v) is 5.77. The Kier molecular flexibility index (Phi) is 3.84. The van der Waals surface area contributed by atoms with Crippen molar-refractivity contribution >= 4 is 6.09 Å². The largest absolute Gasteiger partial charge is 0.444 e. The quantitative estimate of drug-likeness (QED) is 0.789. The summed E-state index contributed by atoms with van der Waals surface area (Å²) in [6.07, 6.45) is 3.27. The Hall–Kier alpha value is -0.770. The second-order valence-electron chi connectivity index (χ2n) is 5.77. The Morgan fingerprint density at radius 3 is 2.31 bits per heavy atom. The van der Waals surface area contributed by atoms with Gasteiger partial charge in [-0.1, -0.05) is 12.8 Å². The molecule has 0 aliphatic heterocycles. The van der Waals surface area contributed by atoms with Crippen molar-refractivity contribution < 1.29 is 14.6 Å². The van der Waals surface area contributed by atoms with Gasteiger partial charge in [0.05, 0.1) is 12.1 Å². The summed E-state index contributed by atoms with van der Waals surface area (Å²) in [5.74, 6) is 0. The standard InChI is InChI=1S/C12H23NO3/c1-11(2,3)16-10(14)13(4)9-12(15)7-5-6-8-12/h15H,5-9H2,1-4H3. The van der Waals surface area contributed by atoms with E-state index < -0.39 is 11.2 Å². The third-order valence-corrected chi connectivity index (χ3v) is 2.77. The molecule has 0 aromatic heterocycles. The molecule has 0 unspecified atom stereocenters. The smallest absolute Gasteiger partial charge is 0.410 e. The minimum absolute atomic E-state index is 0.363. The van der Waals surface area contributed by atoms with Crippen LogP contribution in [0.25, 0.3) is 0 Å². The van der Waals surface area contributed by atoms with E-state index in [0.29, 0.717) is 6.54 Å². The zero-order valence-corrected chi connectivity index (χ0v) is 10.7. The van der Waals surface area contributed by atoms with Crippen molar-refractivity contribution in [1.82, 2.24) is 4.90 Å². The third kappa shape index (κ3) is 4.00. The van der Waals surface area contributed by atoms with Crippen molar-refractivity contribution in [3.63, 3.8) is 0 Å². The molecule has 1 aliphatic rings. The number of hydrogen-bond donors (Lipinski definition) is 1. The van der Waals surface area contributed by atoms with E-state index in [1.54, 1.807) is 7.05 Å². The van der Waals surface area contributed by atoms with Gasteiger partial charge in [-0.2, -0.15) is 0 Å². The van der Waals surface area contributed by atoms with Crippen molar-refractivity contribution in [2.75, 3.05) is 13.6 Å². The number of hydrogen-bond acceptors (Lipinski definition) is 3. The molecule has 1 rings (SSSR count). The van der Waals surface area contributed by atoms with Crippen molar-refractivity contribution in [3.05, 3.63) is 0 Å². The third-order valence-electron chi connectivity index (χ3n) is 2.77. The number of ether oxygens (including phenoxy) is 1. The maximum atomic E-state index is 11.7. The lowest BCUT2D eigenvalue weighted by Crippen LogP contribution is -2.44. The molecule has 0 saturated heterocycles. The molecule has 1 saturated carbocycles. The molecule has 0 bridgehead atoms. The zero-order chi connectivity index (χ0) is 12.4. The van der Waals surface area contributed by atoms with Crippen molar-refractivity contribution in [2.45, 2.75) is 57.7 Å². The van der Waals surface area contributed by atoms with E-state index in [4.69, 9.17) is 4.74 Å². The number of likely N-dealkylation sites (N-methyl/N-ethyl adjacent to an activating group) is 1. The molecule has 1 amide bonds. The van der Waals surface area contributed by atoms with Crippen molar-refractivity contribution in [2.24, 2.45) is 0 Å². The van der Waals surface area contributed by atoms with E-state index in [2.05, 4.69) is 0 Å². The highest BCUT2D eigenvalue weighted by atomic mass is 16.6. The van der Waals surface area contributed by atoms with Gasteiger partial charge in [-0.25, -0.2) is 4.79 Å². The minimum Gasteiger partial charge on any atom is -0.444 e. The van der Waals surface area contributed by atoms with E-state index in [1.165, 1.54) is 4.90 Å². The van der Waals surface area contributed by atoms with Crippen LogP contribution in [0.1, 0.15) is 46.5 Å². The first-order valence-electron chi connectivity index (χ1n) is 5.88. The predicted octanol–water partition coefficient (Wildman–Crippen LogP) is 2.16. The topological polar surface area (TPSA) is 49.8 Å². The number of rotatable bonds is 2. The molecule has 1 fully saturated rings. The average molecular weight is 229 g/mol. The van der Waals surface area contributed by atoms with Crippen LogP contribution < -0.4 is 0 Å². The molecule has 0 heterocycles. The molecule has 0 atom stereocenters. The molecular formula is C12H23NO3. The molecule has 0 aromatic carbocycles. The van der Waals surface area contributed by atoms with E-state index in [1.807, 2.05) is 20.8 Å². The van der Waals surface area contributed by atoms with Gasteiger partial charge in [0, 0.05) is 7.05 Å². The number of carbonyl (C=O) groups excluding carboxylic acids is 1. The van der Waals surface area contributed by atoms with Gasteiger partial charge in [-0.15, -0.1) is 0 Å². The van der Waals surface area contributed by atoms with E-state index in [0.717, 1.165) is 25.7 Å². The van der Waals surface area contributed by atoms with Crippen LogP contribution >= 0.6 is 0 Å². The lowest BCUT2D eigenvalue weighted by atomic mass is 10.0. The van der Waals surface area contributed by atoms with Gasteiger partial charge in [0.1, 0.15) is 5.60 Å². The first kappa shape index (κ1) is 13.3. The maximum absolute atomic E-state index is 11.7. The monoisotopic (exact) mass is 229 g/mol. The first-order chi connectivity index (χ1) is 7.22. The highest BCUT2D eigenvalue weighted by Crippen LogP contribution is 2.30. The van der Waals surface area contributed by atoms with E-state index >= 15 is 0 Å². The normalized spacial score (nSPS) is 19.6. The van der Waals surface area contributed by atoms with Gasteiger partial charge in [0.15, 0.2) is 0 Å². The lowest BCUT2D eigenvalue weighted by molar-refractivity contribution is -0.00831. The SMILES string of the molecule is CN(CC1(O)CCCC1)C(=O)OC(C)(C)C. The van der Waals surface area contributed by atoms with Crippen LogP contribution in [0.3, 0.4) is 0 Å². The van der Waals surface area contributed by atoms with E-state index in [-0.39, 0.29) is 6.09 Å². The number of aliphatic hydroxyl groups is 1. The first-order valence-corrected chi connectivity index (χ1v) is 5.88. The second kappa shape index (κ2) is 4.62. The van der Waals surface area contributed by atoms with Crippen LogP contribution in [0.15, 0.2) is 0 Å². The van der Waals surface area contributed by atoms with Gasteiger partial charge < -0.3 is 14.7 Å². The van der Waals surface area contributed by atoms with Crippen LogP contribution in [0.2, 0.25) is 0 Å². The summed E-state index contributed by atoms with van der Waals surface area (Å²) in [5, 5.41) is 10.2. The molecule has 94 valence electrons. The van der Waals surface area contributed by atoms with Crippen LogP contribution in [-0.4, -0.2) is 40.9 Å². The van der Waals surface area contributed by atoms with E-state index in [9.17, 15) is 9.90 Å². The zero-order valence-electron chi connectivity index (χ0n) is 10.7. The van der Waals surface area contributed by atoms with Crippen LogP contribution in [0.5, 0.6) is 0 Å². The Morgan fingerprint density at radius 2 is 1.88 bits per heavy atom. The molecule has 1 aliphatic carbocycles. The Balaban J connectivity index is 2.45. The fourth-order valence-corrected chi connectivity index (χ4v) is 2.04. The summed E-state index contributed by atoms with van der Waals surface area (Å²) in [6.45, 7) is 5.87. The molecule has 0 radical (unpaired) electrons. The Bertz CT molecular complexity index is 251. The predicted molar refractivity (Wildman–Crippen MR) is 62.3 cm³/mol. The molecule has 16 heavy (non-hydrogen) atoms. The van der Waals surface area contributed by atoms with Crippen LogP contribution in [-0.2, 0) is 4.74 Å². The fourth-order valence-electron chi connectivity index (χ4n) is 2.04. The molecule has 4 nitrogen and oxygen atoms in total. The summed E-state index contributed by atoms with van der Waals surface area (Å²) in [4.78, 5) is 13.2. The maximum Gasteiger partial charge on any atom is 0.410 e. The Labute approximate surface area is 97.6 Å². The summed E-state index contributed by atoms with van der Waals surface area (Å²) >= 11 is 0. The van der Waals surface area contributed by atoms with Crippen molar-refractivity contribution in [3.8, 4) is 0 Å². The summed E-state index contributed by atoms with van der Waals surface area (Å²) < 4.78 is 5.23. The highest BCUT2D eigenvalue weighted by molar-refractivity contribution is 5.67. The summed E-state index contributed by atoms with van der Waals surface area (Å²) in [5.41, 5.74) is -1.19. The minimum atomic E-state index is -0.703. The summed E-state index contributed by atoms with van der Waals surface area (Å²) in [7, 11) is 1.67. The van der Waals surface area contributed by atoms with Gasteiger partial charge >= 0.3 is 6.09 Å². The van der Waals surface area contributed by atoms with Crippen LogP contribution in [0, 0.1) is 0 Å². The van der Waals surface area contributed by atoms with Crippen LogP contribution in [0.4, 0.5) is 4.79 Å². The Morgan fingerprint density at radius 1 is 1.38 bits per heavy atom. The molecule has 0 aromatic rings. The van der Waals surface area contributed by atoms with Crippen molar-refractivity contribution in [1.29, 1.82) is 0 Å². The number of nitrogens with zero attached hydrogens (tertiary/aromatic N) is 1. The number of carbonyl (C=O) groups is 1. The highest BCUT2D eigenvalue weighted by Gasteiger charge is 2.34. The lowest BCUT2D eigenvalue weighted by Gasteiger charge is -2.30. The number of amides is 1. The van der Waals surface area contributed by atoms with Gasteiger partial charge in [-0.3, -0.25) is 0 Å². The molecular weight excluding hydrogens is 206 g/mol.